The van der Waals surface area contributed by atoms with Crippen LogP contribution in [-0.4, -0.2) is 49.2 Å². The van der Waals surface area contributed by atoms with E-state index in [4.69, 9.17) is 13.6 Å². The second kappa shape index (κ2) is 19.1. The Morgan fingerprint density at radius 1 is 0.565 bits per heavy atom. The molecule has 0 heterocycles. The molecule has 0 aliphatic heterocycles. The third-order valence-corrected chi connectivity index (χ3v) is 25.9. The van der Waals surface area contributed by atoms with Crippen LogP contribution in [0.1, 0.15) is 109 Å². The maximum Gasteiger partial charge on any atom is 0.330 e. The lowest BCUT2D eigenvalue weighted by atomic mass is 9.66. The van der Waals surface area contributed by atoms with E-state index in [0.717, 1.165) is 25.7 Å². The summed E-state index contributed by atoms with van der Waals surface area (Å²) in [5, 5.41) is 5.19. The van der Waals surface area contributed by atoms with Crippen molar-refractivity contribution in [3.63, 3.8) is 0 Å². The summed E-state index contributed by atoms with van der Waals surface area (Å²) in [5.74, 6) is 0.477. The number of rotatable bonds is 13. The average molecular weight is 873 g/mol. The van der Waals surface area contributed by atoms with Crippen molar-refractivity contribution in [2.75, 3.05) is 20.3 Å². The SMILES string of the molecule is CC1(C)[C@H](CO[Si](c2ccccc2)(c2ccccc2)C(C)(C)C)CC[C@]1(C)C=O.COC(=O)/C=C/[C@@]1(C)CC[C@@H](CO[Si](c2ccccc2)(c2ccccc2)C(C)(C)C)C1(C)C. The Labute approximate surface area is 377 Å². The first kappa shape index (κ1) is 49.1. The highest BCUT2D eigenvalue weighted by molar-refractivity contribution is 7.00. The molecule has 0 saturated heterocycles. The van der Waals surface area contributed by atoms with Gasteiger partial charge in [0.2, 0.25) is 0 Å². The van der Waals surface area contributed by atoms with E-state index in [-0.39, 0.29) is 37.7 Å². The number of carbonyl (C=O) groups is 2. The standard InChI is InChI=1S/C29H40O3Si.C26H36O2Si/c1-27(2,3)33(24-14-10-8-11-15-24,25-16-12-9-13-17-25)32-22-23-18-20-29(6,28(23,4)5)21-19-26(30)31-7;1-24(2,3)29(22-13-9-7-10-14-22,23-15-11-8-12-16-23)28-19-21-17-18-26(6,20-27)25(21,4)5/h8-17,19,21,23H,18,20,22H2,1-7H3;7-16,20-21H,17-19H2,1-6H3/b21-19+;/t23-,29+;21-,26+/m00/s1. The van der Waals surface area contributed by atoms with Crippen molar-refractivity contribution >= 4 is 49.6 Å². The summed E-state index contributed by atoms with van der Waals surface area (Å²) in [6.07, 6.45) is 8.92. The Bertz CT molecular complexity index is 2010. The highest BCUT2D eigenvalue weighted by atomic mass is 28.4. The lowest BCUT2D eigenvalue weighted by Crippen LogP contribution is -2.67. The van der Waals surface area contributed by atoms with E-state index >= 15 is 0 Å². The van der Waals surface area contributed by atoms with E-state index in [0.29, 0.717) is 25.0 Å². The van der Waals surface area contributed by atoms with Crippen LogP contribution in [0.4, 0.5) is 0 Å². The van der Waals surface area contributed by atoms with Gasteiger partial charge < -0.3 is 18.4 Å². The smallest absolute Gasteiger partial charge is 0.330 e. The number of esters is 1. The van der Waals surface area contributed by atoms with Crippen LogP contribution in [0.25, 0.3) is 0 Å². The Morgan fingerprint density at radius 3 is 1.15 bits per heavy atom. The molecule has 0 radical (unpaired) electrons. The minimum Gasteiger partial charge on any atom is -0.466 e. The molecule has 0 spiro atoms. The van der Waals surface area contributed by atoms with E-state index in [1.165, 1.54) is 34.1 Å². The summed E-state index contributed by atoms with van der Waals surface area (Å²) >= 11 is 0. The van der Waals surface area contributed by atoms with Crippen molar-refractivity contribution in [3.8, 4) is 0 Å². The van der Waals surface area contributed by atoms with Gasteiger partial charge in [-0.05, 0) is 84.6 Å². The maximum atomic E-state index is 11.9. The van der Waals surface area contributed by atoms with Crippen LogP contribution in [-0.2, 0) is 23.2 Å². The van der Waals surface area contributed by atoms with E-state index < -0.39 is 16.6 Å². The van der Waals surface area contributed by atoms with E-state index in [2.05, 4.69) is 210 Å². The quantitative estimate of drug-likeness (QED) is 0.0580. The average Bonchev–Trinajstić information content (AvgIpc) is 3.62. The van der Waals surface area contributed by atoms with E-state index in [1.807, 2.05) is 0 Å². The first-order valence-corrected chi connectivity index (χ1v) is 26.6. The van der Waals surface area contributed by atoms with Crippen molar-refractivity contribution in [2.45, 2.75) is 119 Å². The fourth-order valence-corrected chi connectivity index (χ4v) is 19.8. The first-order valence-electron chi connectivity index (χ1n) is 22.8. The lowest BCUT2D eigenvalue weighted by Gasteiger charge is -2.45. The third kappa shape index (κ3) is 9.34. The number of aldehydes is 1. The summed E-state index contributed by atoms with van der Waals surface area (Å²) in [5.41, 5.74) is -0.434. The van der Waals surface area contributed by atoms with Gasteiger partial charge in [0, 0.05) is 24.7 Å². The Morgan fingerprint density at radius 2 is 0.871 bits per heavy atom. The number of ether oxygens (including phenoxy) is 1. The van der Waals surface area contributed by atoms with Crippen molar-refractivity contribution in [1.82, 2.24) is 0 Å². The van der Waals surface area contributed by atoms with Crippen molar-refractivity contribution in [3.05, 3.63) is 133 Å². The normalized spacial score (nSPS) is 23.7. The zero-order valence-corrected chi connectivity index (χ0v) is 42.2. The molecule has 4 atom stereocenters. The fraction of sp³-hybridized carbons (Fsp3) is 0.491. The zero-order chi connectivity index (χ0) is 45.7. The Kier molecular flexibility index (Phi) is 15.1. The first-order chi connectivity index (χ1) is 29.1. The second-order valence-electron chi connectivity index (χ2n) is 21.7. The molecule has 0 N–H and O–H groups in total. The lowest BCUT2D eigenvalue weighted by molar-refractivity contribution is -0.135. The molecule has 62 heavy (non-hydrogen) atoms. The predicted molar refractivity (Wildman–Crippen MR) is 264 cm³/mol. The maximum absolute atomic E-state index is 11.9. The van der Waals surface area contributed by atoms with Crippen LogP contribution in [0.2, 0.25) is 10.1 Å². The molecular formula is C55H76O5Si2. The number of carbonyl (C=O) groups excluding carboxylic acids is 2. The van der Waals surface area contributed by atoms with Gasteiger partial charge in [-0.2, -0.15) is 0 Å². The largest absolute Gasteiger partial charge is 0.466 e. The molecule has 0 bridgehead atoms. The summed E-state index contributed by atoms with van der Waals surface area (Å²) < 4.78 is 19.2. The molecule has 6 rings (SSSR count). The van der Waals surface area contributed by atoms with Crippen molar-refractivity contribution in [2.24, 2.45) is 33.5 Å². The van der Waals surface area contributed by atoms with Crippen LogP contribution in [0, 0.1) is 33.5 Å². The van der Waals surface area contributed by atoms with Crippen molar-refractivity contribution < 1.29 is 23.2 Å². The fourth-order valence-electron chi connectivity index (χ4n) is 10.6. The van der Waals surface area contributed by atoms with Gasteiger partial charge >= 0.3 is 5.97 Å². The molecule has 2 aliphatic carbocycles. The molecule has 5 nitrogen and oxygen atoms in total. The molecule has 7 heteroatoms. The van der Waals surface area contributed by atoms with Gasteiger partial charge in [-0.15, -0.1) is 0 Å². The second-order valence-corrected chi connectivity index (χ2v) is 30.3. The molecule has 0 aromatic heterocycles. The van der Waals surface area contributed by atoms with Gasteiger partial charge in [0.05, 0.1) is 7.11 Å². The molecule has 2 fully saturated rings. The summed E-state index contributed by atoms with van der Waals surface area (Å²) in [6.45, 7) is 28.8. The highest BCUT2D eigenvalue weighted by Crippen LogP contribution is 2.57. The van der Waals surface area contributed by atoms with Crippen LogP contribution >= 0.6 is 0 Å². The molecule has 0 unspecified atom stereocenters. The molecule has 2 saturated carbocycles. The summed E-state index contributed by atoms with van der Waals surface area (Å²) in [7, 11) is -3.66. The highest BCUT2D eigenvalue weighted by Gasteiger charge is 2.56. The van der Waals surface area contributed by atoms with Gasteiger partial charge in [-0.25, -0.2) is 4.79 Å². The topological polar surface area (TPSA) is 61.8 Å². The molecule has 0 amide bonds. The molecule has 4 aromatic carbocycles. The summed E-state index contributed by atoms with van der Waals surface area (Å²) in [6, 6.07) is 43.2. The molecule has 4 aromatic rings. The summed E-state index contributed by atoms with van der Waals surface area (Å²) in [4.78, 5) is 23.6. The molecule has 2 aliphatic rings. The zero-order valence-electron chi connectivity index (χ0n) is 40.2. The minimum atomic E-state index is -2.56. The van der Waals surface area contributed by atoms with E-state index in [9.17, 15) is 9.59 Å². The third-order valence-electron chi connectivity index (χ3n) is 15.9. The van der Waals surface area contributed by atoms with Crippen LogP contribution in [0.3, 0.4) is 0 Å². The van der Waals surface area contributed by atoms with Crippen LogP contribution in [0.5, 0.6) is 0 Å². The minimum absolute atomic E-state index is 0.0110. The van der Waals surface area contributed by atoms with Crippen LogP contribution in [0.15, 0.2) is 133 Å². The number of allylic oxidation sites excluding steroid dienone is 1. The Hall–Kier alpha value is -3.89. The number of benzene rings is 4. The van der Waals surface area contributed by atoms with Gasteiger partial charge in [0.25, 0.3) is 16.6 Å². The van der Waals surface area contributed by atoms with E-state index in [1.54, 1.807) is 6.08 Å². The van der Waals surface area contributed by atoms with Gasteiger partial charge in [0.15, 0.2) is 0 Å². The monoisotopic (exact) mass is 873 g/mol. The number of hydrogen-bond acceptors (Lipinski definition) is 5. The molecular weight excluding hydrogens is 797 g/mol. The number of methoxy groups -OCH3 is 1. The Balaban J connectivity index is 0.000000236. The van der Waals surface area contributed by atoms with Gasteiger partial charge in [0.1, 0.15) is 6.29 Å². The predicted octanol–water partition coefficient (Wildman–Crippen LogP) is 10.9. The van der Waals surface area contributed by atoms with Gasteiger partial charge in [-0.1, -0.05) is 210 Å². The van der Waals surface area contributed by atoms with Gasteiger partial charge in [-0.3, -0.25) is 0 Å². The number of hydrogen-bond donors (Lipinski definition) is 0. The molecule has 334 valence electrons. The van der Waals surface area contributed by atoms with Crippen molar-refractivity contribution in [1.29, 1.82) is 0 Å². The van der Waals surface area contributed by atoms with Crippen LogP contribution < -0.4 is 20.7 Å².